The number of nitrogens with one attached hydrogen (secondary N) is 1. The number of carbonyl (C=O) groups is 2. The maximum Gasteiger partial charge on any atom is 0.394 e. The van der Waals surface area contributed by atoms with E-state index >= 15 is 0 Å². The lowest BCUT2D eigenvalue weighted by atomic mass is 10.4. The van der Waals surface area contributed by atoms with E-state index in [-0.39, 0.29) is 23.2 Å². The highest BCUT2D eigenvalue weighted by molar-refractivity contribution is 7.79. The van der Waals surface area contributed by atoms with Crippen LogP contribution in [0.2, 0.25) is 0 Å². The van der Waals surface area contributed by atoms with Crippen molar-refractivity contribution >= 4 is 27.8 Å². The fraction of sp³-hybridized carbons (Fsp3) is 0.312. The molecule has 20 heteroatoms. The Hall–Kier alpha value is -3.92. The van der Waals surface area contributed by atoms with Crippen LogP contribution in [0.3, 0.4) is 0 Å². The molecular weight excluding hydrogens is 512 g/mol. The Morgan fingerprint density at radius 3 is 1.72 bits per heavy atom. The van der Waals surface area contributed by atoms with Crippen molar-refractivity contribution in [2.24, 2.45) is 21.1 Å². The normalized spacial score (nSPS) is 9.58. The van der Waals surface area contributed by atoms with E-state index < -0.39 is 15.3 Å². The van der Waals surface area contributed by atoms with Gasteiger partial charge in [-0.2, -0.15) is 8.42 Å². The Bertz CT molecular complexity index is 1160. The van der Waals surface area contributed by atoms with Crippen LogP contribution in [-0.2, 0) is 36.5 Å². The molecule has 3 aromatic heterocycles. The molecule has 3 rings (SSSR count). The first kappa shape index (κ1) is 34.2. The van der Waals surface area contributed by atoms with Gasteiger partial charge in [-0.3, -0.25) is 23.9 Å². The molecule has 0 aromatic carbocycles. The van der Waals surface area contributed by atoms with Gasteiger partial charge < -0.3 is 23.8 Å². The largest absolute Gasteiger partial charge is 0.394 e. The zero-order valence-corrected chi connectivity index (χ0v) is 20.5. The molecule has 0 saturated heterocycles. The molecule has 0 aliphatic heterocycles. The second-order valence-corrected chi connectivity index (χ2v) is 7.02. The summed E-state index contributed by atoms with van der Waals surface area (Å²) in [7, 11) is 0.605. The number of carbonyl (C=O) groups excluding carboxylic acids is 2. The highest BCUT2D eigenvalue weighted by Gasteiger charge is 2.19. The Kier molecular flexibility index (Phi) is 16.7. The molecule has 0 saturated carbocycles. The fourth-order valence-electron chi connectivity index (χ4n) is 1.90. The number of hydrogen-bond donors (Lipinski definition) is 5. The van der Waals surface area contributed by atoms with Crippen LogP contribution < -0.4 is 5.64 Å². The third kappa shape index (κ3) is 17.5. The zero-order chi connectivity index (χ0) is 28.5. The van der Waals surface area contributed by atoms with E-state index in [0.29, 0.717) is 5.82 Å². The first-order valence-electron chi connectivity index (χ1n) is 9.03. The van der Waals surface area contributed by atoms with Gasteiger partial charge in [-0.15, -0.1) is 4.99 Å². The molecule has 0 aliphatic carbocycles. The van der Waals surface area contributed by atoms with Crippen molar-refractivity contribution in [2.75, 3.05) is 0 Å². The first-order valence-corrected chi connectivity index (χ1v) is 10.4. The molecule has 3 aromatic rings. The van der Waals surface area contributed by atoms with Crippen LogP contribution in [0, 0.1) is 10.1 Å². The molecule has 0 atom stereocenters. The predicted molar refractivity (Wildman–Crippen MR) is 119 cm³/mol. The number of Topliss-reactive ketones (excluding diaryl/α,β-unsaturated/α-hetero) is 2. The average molecular weight is 538 g/mol. The fourth-order valence-corrected chi connectivity index (χ4v) is 1.90. The van der Waals surface area contributed by atoms with Crippen molar-refractivity contribution in [3.63, 3.8) is 0 Å². The number of nitro groups is 1. The van der Waals surface area contributed by atoms with E-state index in [9.17, 15) is 19.7 Å². The third-order valence-corrected chi connectivity index (χ3v) is 3.18. The van der Waals surface area contributed by atoms with E-state index in [0.717, 1.165) is 5.64 Å². The molecule has 0 amide bonds. The van der Waals surface area contributed by atoms with Gasteiger partial charge in [0.15, 0.2) is 11.6 Å². The molecule has 0 radical (unpaired) electrons. The highest BCUT2D eigenvalue weighted by atomic mass is 32.3. The van der Waals surface area contributed by atoms with Gasteiger partial charge in [0, 0.05) is 59.8 Å². The summed E-state index contributed by atoms with van der Waals surface area (Å²) >= 11 is 0. The topological polar surface area (TPSA) is 267 Å². The number of imidazole rings is 3. The van der Waals surface area contributed by atoms with Gasteiger partial charge in [-0.25, -0.2) is 15.2 Å². The third-order valence-electron chi connectivity index (χ3n) is 3.18. The van der Waals surface area contributed by atoms with Crippen LogP contribution in [0.5, 0.6) is 0 Å². The summed E-state index contributed by atoms with van der Waals surface area (Å²) in [5.74, 6) is 0.0208. The molecule has 36 heavy (non-hydrogen) atoms. The number of aryl methyl sites for hydroxylation is 3. The number of rotatable bonds is 4. The van der Waals surface area contributed by atoms with Crippen molar-refractivity contribution in [1.82, 2.24) is 34.3 Å². The smallest absolute Gasteiger partial charge is 0.358 e. The number of nitrogens with zero attached hydrogens (tertiary/aromatic N) is 7. The maximum absolute atomic E-state index is 10.8. The maximum atomic E-state index is 10.8. The van der Waals surface area contributed by atoms with Gasteiger partial charge in [0.2, 0.25) is 5.78 Å². The van der Waals surface area contributed by atoms with E-state index in [4.69, 9.17) is 28.0 Å². The first-order chi connectivity index (χ1) is 16.5. The summed E-state index contributed by atoms with van der Waals surface area (Å²) in [6.45, 7) is 2.81. The summed E-state index contributed by atoms with van der Waals surface area (Å²) in [5.41, 5.74) is 0.986. The van der Waals surface area contributed by atoms with Gasteiger partial charge >= 0.3 is 16.2 Å². The summed E-state index contributed by atoms with van der Waals surface area (Å²) in [6.07, 6.45) is 9.95. The molecule has 0 bridgehead atoms. The van der Waals surface area contributed by atoms with Crippen molar-refractivity contribution in [3.8, 4) is 0 Å². The second-order valence-electron chi connectivity index (χ2n) is 6.12. The van der Waals surface area contributed by atoms with Crippen LogP contribution >= 0.6 is 0 Å². The van der Waals surface area contributed by atoms with Gasteiger partial charge in [-0.1, -0.05) is 0 Å². The summed E-state index contributed by atoms with van der Waals surface area (Å²) in [6, 6.07) is 0. The molecule has 3 heterocycles. The average Bonchev–Trinajstić information content (AvgIpc) is 3.49. The molecule has 0 spiro atoms. The molecule has 5 N–H and O–H groups in total. The van der Waals surface area contributed by atoms with Crippen molar-refractivity contribution in [1.29, 1.82) is 0 Å². The van der Waals surface area contributed by atoms with E-state index in [1.165, 1.54) is 31.7 Å². The number of aromatic nitrogens is 6. The van der Waals surface area contributed by atoms with E-state index in [1.54, 1.807) is 36.5 Å². The molecule has 0 fully saturated rings. The van der Waals surface area contributed by atoms with Gasteiger partial charge in [0.1, 0.15) is 6.20 Å². The molecule has 0 unspecified atom stereocenters. The second kappa shape index (κ2) is 17.5. The van der Waals surface area contributed by atoms with Crippen LogP contribution in [0.4, 0.5) is 5.82 Å². The molecule has 19 nitrogen and oxygen atoms in total. The lowest BCUT2D eigenvalue weighted by molar-refractivity contribution is -0.389. The summed E-state index contributed by atoms with van der Waals surface area (Å²) in [4.78, 5) is 45.0. The standard InChI is InChI=1S/C6H7N3O3.C6H8N2O.C4H6N2.H3NO3.H2O4S/c1-4(10)6-7-5(9(11)12)3-8(6)2;1-5(9)6-7-3-4-8(6)2;1-6-3-2-5-4-6;2-1-4-3;1-5(2,3)4/h3H,1-2H3;3-4H,1-2H3;2-4H,1H3;1-3H;(H2,1,2,3,4). The highest BCUT2D eigenvalue weighted by Crippen LogP contribution is 2.09. The van der Waals surface area contributed by atoms with Crippen LogP contribution in [0.25, 0.3) is 0 Å². The Morgan fingerprint density at radius 2 is 1.56 bits per heavy atom. The minimum Gasteiger partial charge on any atom is -0.358 e. The predicted octanol–water partition coefficient (Wildman–Crippen LogP) is 0.291. The van der Waals surface area contributed by atoms with Crippen molar-refractivity contribution in [2.45, 2.75) is 13.8 Å². The van der Waals surface area contributed by atoms with Crippen molar-refractivity contribution < 1.29 is 47.5 Å². The lowest BCUT2D eigenvalue weighted by Gasteiger charge is -1.92. The molecule has 202 valence electrons. The monoisotopic (exact) mass is 538 g/mol. The Labute approximate surface area is 204 Å². The van der Waals surface area contributed by atoms with E-state index in [2.05, 4.69) is 19.9 Å². The number of ketones is 2. The summed E-state index contributed by atoms with van der Waals surface area (Å²) < 4.78 is 36.5. The van der Waals surface area contributed by atoms with Gasteiger partial charge in [0.05, 0.1) is 6.33 Å². The van der Waals surface area contributed by atoms with Crippen LogP contribution in [-0.4, -0.2) is 73.1 Å². The zero-order valence-electron chi connectivity index (χ0n) is 19.6. The van der Waals surface area contributed by atoms with Crippen LogP contribution in [0.15, 0.2) is 37.3 Å². The van der Waals surface area contributed by atoms with Gasteiger partial charge in [-0.05, 0) is 15.6 Å². The van der Waals surface area contributed by atoms with Crippen LogP contribution in [0.1, 0.15) is 35.1 Å². The lowest BCUT2D eigenvalue weighted by Crippen LogP contribution is -2.02. The summed E-state index contributed by atoms with van der Waals surface area (Å²) in [5, 5.41) is 24.4. The van der Waals surface area contributed by atoms with Crippen molar-refractivity contribution in [3.05, 3.63) is 59.1 Å². The molecular formula is C16H26N8O11S. The Balaban J connectivity index is 0. The number of hydrogen-bond acceptors (Lipinski definition) is 13. The minimum atomic E-state index is -4.67. The Morgan fingerprint density at radius 1 is 1.06 bits per heavy atom. The van der Waals surface area contributed by atoms with Gasteiger partial charge in [0.25, 0.3) is 5.82 Å². The molecule has 0 aliphatic rings. The quantitative estimate of drug-likeness (QED) is 0.0981. The SMILES string of the molecule is CC(=O)c1nc([N+](=O)[O-])cn1C.CC(=O)c1nccn1C.Cn1ccnc1.O=S(=O)(O)O.ONOO. The minimum absolute atomic E-state index is 0.00231. The van der Waals surface area contributed by atoms with E-state index in [1.807, 2.05) is 17.8 Å².